The Hall–Kier alpha value is -4.07. The minimum atomic E-state index is -0.1000. The van der Waals surface area contributed by atoms with Crippen molar-refractivity contribution >= 4 is 27.7 Å². The molecule has 6 rings (SSSR count). The first-order valence-electron chi connectivity index (χ1n) is 13.2. The molecule has 0 atom stereocenters. The molecular weight excluding hydrogens is 472 g/mol. The van der Waals surface area contributed by atoms with Crippen LogP contribution in [0, 0.1) is 6.92 Å². The third-order valence-electron chi connectivity index (χ3n) is 7.42. The van der Waals surface area contributed by atoms with Crippen molar-refractivity contribution < 1.29 is 4.79 Å². The Morgan fingerprint density at radius 2 is 1.68 bits per heavy atom. The molecule has 1 N–H and O–H groups in total. The molecule has 1 saturated heterocycles. The van der Waals surface area contributed by atoms with Gasteiger partial charge in [-0.2, -0.15) is 5.10 Å². The van der Waals surface area contributed by atoms with Crippen LogP contribution in [0.15, 0.2) is 79.0 Å². The highest BCUT2D eigenvalue weighted by Crippen LogP contribution is 2.28. The van der Waals surface area contributed by atoms with Crippen molar-refractivity contribution in [1.29, 1.82) is 0 Å². The van der Waals surface area contributed by atoms with E-state index in [0.29, 0.717) is 17.8 Å². The monoisotopic (exact) mass is 504 g/mol. The second-order valence-corrected chi connectivity index (χ2v) is 10.1. The first-order valence-corrected chi connectivity index (χ1v) is 13.2. The highest BCUT2D eigenvalue weighted by Gasteiger charge is 2.19. The molecule has 0 saturated carbocycles. The lowest BCUT2D eigenvalue weighted by Gasteiger charge is -2.32. The van der Waals surface area contributed by atoms with Gasteiger partial charge in [0.25, 0.3) is 5.91 Å². The molecule has 5 aromatic rings. The summed E-state index contributed by atoms with van der Waals surface area (Å²) in [5, 5.41) is 10.8. The van der Waals surface area contributed by atoms with Gasteiger partial charge in [-0.15, -0.1) is 0 Å². The highest BCUT2D eigenvalue weighted by molar-refractivity contribution is 6.07. The van der Waals surface area contributed by atoms with E-state index < -0.39 is 0 Å². The third kappa shape index (κ3) is 4.90. The molecule has 1 amide bonds. The number of benzene rings is 3. The number of aromatic nitrogens is 3. The molecule has 7 heteroatoms. The molecule has 0 spiro atoms. The average molecular weight is 505 g/mol. The summed E-state index contributed by atoms with van der Waals surface area (Å²) >= 11 is 0. The molecule has 192 valence electrons. The molecule has 0 bridgehead atoms. The summed E-state index contributed by atoms with van der Waals surface area (Å²) in [6.07, 6.45) is 1.75. The smallest absolute Gasteiger partial charge is 0.252 e. The number of pyridine rings is 1. The average Bonchev–Trinajstić information content (AvgIpc) is 3.38. The van der Waals surface area contributed by atoms with Crippen LogP contribution in [0.1, 0.15) is 15.9 Å². The molecule has 38 heavy (non-hydrogen) atoms. The van der Waals surface area contributed by atoms with E-state index in [2.05, 4.69) is 76.7 Å². The number of amides is 1. The first kappa shape index (κ1) is 24.3. The Labute approximate surface area is 222 Å². The standard InChI is InChI=1S/C31H32N6O/c1-22-7-11-26(12-8-22)37-30-28(21-33-37)27(31(38)32-13-14-36-17-15-35(2)16-18-36)20-29(34-30)25-10-9-23-5-3-4-6-24(23)19-25/h3-12,19-21H,13-18H2,1-2H3,(H,32,38). The van der Waals surface area contributed by atoms with Crippen LogP contribution in [-0.4, -0.2) is 76.8 Å². The van der Waals surface area contributed by atoms with E-state index in [-0.39, 0.29) is 5.91 Å². The molecule has 0 radical (unpaired) electrons. The van der Waals surface area contributed by atoms with E-state index in [1.807, 2.05) is 35.0 Å². The molecule has 1 fully saturated rings. The summed E-state index contributed by atoms with van der Waals surface area (Å²) in [5.74, 6) is -0.1000. The molecule has 0 unspecified atom stereocenters. The predicted octanol–water partition coefficient (Wildman–Crippen LogP) is 4.53. The van der Waals surface area contributed by atoms with Crippen molar-refractivity contribution in [2.24, 2.45) is 0 Å². The number of likely N-dealkylation sites (N-methyl/N-ethyl adjacent to an activating group) is 1. The Kier molecular flexibility index (Phi) is 6.62. The van der Waals surface area contributed by atoms with E-state index in [1.165, 1.54) is 10.9 Å². The van der Waals surface area contributed by atoms with Crippen LogP contribution in [0.3, 0.4) is 0 Å². The Balaban J connectivity index is 1.37. The van der Waals surface area contributed by atoms with Crippen LogP contribution in [0.4, 0.5) is 0 Å². The lowest BCUT2D eigenvalue weighted by molar-refractivity contribution is 0.0942. The quantitative estimate of drug-likeness (QED) is 0.368. The predicted molar refractivity (Wildman–Crippen MR) is 153 cm³/mol. The van der Waals surface area contributed by atoms with Gasteiger partial charge in [0.1, 0.15) is 0 Å². The zero-order chi connectivity index (χ0) is 26.1. The number of hydrogen-bond acceptors (Lipinski definition) is 5. The number of nitrogens with one attached hydrogen (secondary N) is 1. The fourth-order valence-electron chi connectivity index (χ4n) is 5.05. The van der Waals surface area contributed by atoms with Crippen molar-refractivity contribution in [2.75, 3.05) is 46.3 Å². The van der Waals surface area contributed by atoms with Crippen molar-refractivity contribution in [3.8, 4) is 16.9 Å². The number of aryl methyl sites for hydroxylation is 1. The summed E-state index contributed by atoms with van der Waals surface area (Å²) in [5.41, 5.74) is 5.07. The zero-order valence-electron chi connectivity index (χ0n) is 21.9. The van der Waals surface area contributed by atoms with Gasteiger partial charge in [-0.25, -0.2) is 9.67 Å². The number of fused-ring (bicyclic) bond motifs is 2. The van der Waals surface area contributed by atoms with E-state index in [1.54, 1.807) is 6.20 Å². The van der Waals surface area contributed by atoms with E-state index in [9.17, 15) is 4.79 Å². The molecule has 7 nitrogen and oxygen atoms in total. The van der Waals surface area contributed by atoms with Crippen LogP contribution in [0.25, 0.3) is 38.8 Å². The lowest BCUT2D eigenvalue weighted by atomic mass is 10.0. The Morgan fingerprint density at radius 1 is 0.921 bits per heavy atom. The van der Waals surface area contributed by atoms with E-state index >= 15 is 0 Å². The fraction of sp³-hybridized carbons (Fsp3) is 0.258. The van der Waals surface area contributed by atoms with Crippen molar-refractivity contribution in [1.82, 2.24) is 29.9 Å². The van der Waals surface area contributed by atoms with Gasteiger partial charge in [-0.05, 0) is 49.0 Å². The highest BCUT2D eigenvalue weighted by atomic mass is 16.1. The van der Waals surface area contributed by atoms with E-state index in [4.69, 9.17) is 4.98 Å². The van der Waals surface area contributed by atoms with Gasteiger partial charge in [0.2, 0.25) is 0 Å². The second-order valence-electron chi connectivity index (χ2n) is 10.1. The topological polar surface area (TPSA) is 66.3 Å². The van der Waals surface area contributed by atoms with Crippen LogP contribution in [-0.2, 0) is 0 Å². The summed E-state index contributed by atoms with van der Waals surface area (Å²) in [6.45, 7) is 7.68. The summed E-state index contributed by atoms with van der Waals surface area (Å²) in [6, 6.07) is 24.6. The zero-order valence-corrected chi connectivity index (χ0v) is 21.9. The minimum Gasteiger partial charge on any atom is -0.351 e. The lowest BCUT2D eigenvalue weighted by Crippen LogP contribution is -2.46. The SMILES string of the molecule is Cc1ccc(-n2ncc3c(C(=O)NCCN4CCN(C)CC4)cc(-c4ccc5ccccc5c4)nc32)cc1. The van der Waals surface area contributed by atoms with E-state index in [0.717, 1.165) is 60.4 Å². The van der Waals surface area contributed by atoms with Gasteiger partial charge < -0.3 is 10.2 Å². The van der Waals surface area contributed by atoms with Gasteiger partial charge in [0, 0.05) is 44.8 Å². The largest absolute Gasteiger partial charge is 0.351 e. The number of carbonyl (C=O) groups excluding carboxylic acids is 1. The number of carbonyl (C=O) groups is 1. The third-order valence-corrected chi connectivity index (χ3v) is 7.42. The Bertz CT molecular complexity index is 1600. The van der Waals surface area contributed by atoms with Crippen molar-refractivity contribution in [3.63, 3.8) is 0 Å². The maximum atomic E-state index is 13.5. The molecule has 2 aromatic heterocycles. The molecule has 1 aliphatic heterocycles. The van der Waals surface area contributed by atoms with Gasteiger partial charge in [0.15, 0.2) is 5.65 Å². The van der Waals surface area contributed by atoms with Crippen LogP contribution in [0.2, 0.25) is 0 Å². The van der Waals surface area contributed by atoms with Crippen LogP contribution in [0.5, 0.6) is 0 Å². The second kappa shape index (κ2) is 10.4. The summed E-state index contributed by atoms with van der Waals surface area (Å²) in [7, 11) is 2.15. The van der Waals surface area contributed by atoms with Crippen molar-refractivity contribution in [3.05, 3.63) is 90.1 Å². The number of hydrogen-bond donors (Lipinski definition) is 1. The summed E-state index contributed by atoms with van der Waals surface area (Å²) in [4.78, 5) is 23.3. The maximum Gasteiger partial charge on any atom is 0.252 e. The number of nitrogens with zero attached hydrogens (tertiary/aromatic N) is 5. The van der Waals surface area contributed by atoms with Gasteiger partial charge in [-0.3, -0.25) is 9.69 Å². The van der Waals surface area contributed by atoms with Crippen LogP contribution < -0.4 is 5.32 Å². The molecular formula is C31H32N6O. The molecule has 1 aliphatic rings. The minimum absolute atomic E-state index is 0.1000. The number of rotatable bonds is 6. The van der Waals surface area contributed by atoms with Gasteiger partial charge >= 0.3 is 0 Å². The normalized spacial score (nSPS) is 14.8. The van der Waals surface area contributed by atoms with Crippen LogP contribution >= 0.6 is 0 Å². The maximum absolute atomic E-state index is 13.5. The van der Waals surface area contributed by atoms with Gasteiger partial charge in [-0.1, -0.05) is 54.1 Å². The van der Waals surface area contributed by atoms with Crippen molar-refractivity contribution in [2.45, 2.75) is 6.92 Å². The molecule has 3 heterocycles. The molecule has 0 aliphatic carbocycles. The number of piperazine rings is 1. The fourth-order valence-corrected chi connectivity index (χ4v) is 5.05. The molecule has 3 aromatic carbocycles. The summed E-state index contributed by atoms with van der Waals surface area (Å²) < 4.78 is 1.82. The van der Waals surface area contributed by atoms with Gasteiger partial charge in [0.05, 0.1) is 28.5 Å². The first-order chi connectivity index (χ1) is 18.5. The Morgan fingerprint density at radius 3 is 2.47 bits per heavy atom.